The van der Waals surface area contributed by atoms with Crippen LogP contribution < -0.4 is 11.0 Å². The lowest BCUT2D eigenvalue weighted by atomic mass is 10.3. The molecule has 0 aliphatic heterocycles. The summed E-state index contributed by atoms with van der Waals surface area (Å²) in [5, 5.41) is 7.90. The van der Waals surface area contributed by atoms with E-state index in [4.69, 9.17) is 0 Å². The molecule has 2 aromatic heterocycles. The Labute approximate surface area is 131 Å². The van der Waals surface area contributed by atoms with E-state index >= 15 is 0 Å². The quantitative estimate of drug-likeness (QED) is 0.875. The van der Waals surface area contributed by atoms with Crippen molar-refractivity contribution in [1.29, 1.82) is 0 Å². The summed E-state index contributed by atoms with van der Waals surface area (Å²) in [5.41, 5.74) is 3.75. The van der Waals surface area contributed by atoms with E-state index in [1.165, 1.54) is 5.69 Å². The highest BCUT2D eigenvalue weighted by Gasteiger charge is 2.07. The molecule has 0 saturated carbocycles. The van der Waals surface area contributed by atoms with Crippen molar-refractivity contribution in [3.8, 4) is 0 Å². The minimum Gasteiger partial charge on any atom is -0.311 e. The number of rotatable bonds is 6. The van der Waals surface area contributed by atoms with E-state index in [2.05, 4.69) is 35.3 Å². The van der Waals surface area contributed by atoms with Gasteiger partial charge in [0.2, 0.25) is 0 Å². The van der Waals surface area contributed by atoms with Gasteiger partial charge in [-0.2, -0.15) is 10.1 Å². The third-order valence-electron chi connectivity index (χ3n) is 3.72. The van der Waals surface area contributed by atoms with Crippen LogP contribution in [0, 0.1) is 27.7 Å². The number of hydrogen-bond donors (Lipinski definition) is 1. The van der Waals surface area contributed by atoms with Gasteiger partial charge < -0.3 is 5.32 Å². The maximum Gasteiger partial charge on any atom is 0.347 e. The Bertz CT molecular complexity index is 701. The van der Waals surface area contributed by atoms with Crippen LogP contribution in [0.1, 0.15) is 29.7 Å². The lowest BCUT2D eigenvalue weighted by Gasteiger charge is -2.16. The summed E-state index contributed by atoms with van der Waals surface area (Å²) in [6, 6.07) is 4.29. The second-order valence-corrected chi connectivity index (χ2v) is 5.94. The average Bonchev–Trinajstić information content (AvgIpc) is 2.71. The van der Waals surface area contributed by atoms with E-state index in [1.807, 2.05) is 31.5 Å². The fourth-order valence-electron chi connectivity index (χ4n) is 2.65. The number of hydrogen-bond acceptors (Lipinski definition) is 4. The van der Waals surface area contributed by atoms with Crippen molar-refractivity contribution < 1.29 is 0 Å². The van der Waals surface area contributed by atoms with Gasteiger partial charge in [-0.05, 0) is 46.8 Å². The molecule has 0 bridgehead atoms. The van der Waals surface area contributed by atoms with Gasteiger partial charge in [-0.1, -0.05) is 0 Å². The maximum atomic E-state index is 11.9. The largest absolute Gasteiger partial charge is 0.347 e. The highest BCUT2D eigenvalue weighted by atomic mass is 16.1. The smallest absolute Gasteiger partial charge is 0.311 e. The molecule has 0 aromatic carbocycles. The van der Waals surface area contributed by atoms with Gasteiger partial charge in [0.15, 0.2) is 0 Å². The van der Waals surface area contributed by atoms with Crippen LogP contribution in [0.15, 0.2) is 16.9 Å². The molecule has 2 heterocycles. The second-order valence-electron chi connectivity index (χ2n) is 5.94. The second kappa shape index (κ2) is 6.87. The van der Waals surface area contributed by atoms with Gasteiger partial charge >= 0.3 is 5.69 Å². The minimum absolute atomic E-state index is 0.175. The van der Waals surface area contributed by atoms with Crippen molar-refractivity contribution >= 4 is 0 Å². The van der Waals surface area contributed by atoms with Gasteiger partial charge in [0, 0.05) is 36.2 Å². The summed E-state index contributed by atoms with van der Waals surface area (Å²) in [6.07, 6.45) is 0. The molecule has 2 aromatic rings. The molecule has 1 unspecified atom stereocenters. The highest BCUT2D eigenvalue weighted by Crippen LogP contribution is 2.03. The molecule has 0 amide bonds. The first kappa shape index (κ1) is 16.4. The van der Waals surface area contributed by atoms with Crippen LogP contribution in [0.5, 0.6) is 0 Å². The van der Waals surface area contributed by atoms with Gasteiger partial charge in [0.25, 0.3) is 0 Å². The third kappa shape index (κ3) is 4.04. The van der Waals surface area contributed by atoms with Gasteiger partial charge in [0.05, 0.1) is 12.2 Å². The molecule has 1 atom stereocenters. The van der Waals surface area contributed by atoms with Crippen LogP contribution in [0.3, 0.4) is 0 Å². The Kier molecular flexibility index (Phi) is 5.13. The molecule has 0 saturated heterocycles. The standard InChI is InChI=1S/C16H25N5O/c1-11-8-14(4)20(16(22)18-11)7-6-17-13(3)10-21-15(5)9-12(2)19-21/h8-9,13,17H,6-7,10H2,1-5H3. The van der Waals surface area contributed by atoms with Gasteiger partial charge in [0.1, 0.15) is 0 Å². The summed E-state index contributed by atoms with van der Waals surface area (Å²) in [4.78, 5) is 15.9. The Morgan fingerprint density at radius 2 is 1.82 bits per heavy atom. The van der Waals surface area contributed by atoms with Crippen molar-refractivity contribution in [2.24, 2.45) is 0 Å². The first-order chi connectivity index (χ1) is 10.4. The molecule has 2 rings (SSSR count). The van der Waals surface area contributed by atoms with E-state index < -0.39 is 0 Å². The van der Waals surface area contributed by atoms with E-state index in [-0.39, 0.29) is 11.7 Å². The van der Waals surface area contributed by atoms with Crippen LogP contribution in [0.25, 0.3) is 0 Å². The van der Waals surface area contributed by atoms with Gasteiger partial charge in [-0.3, -0.25) is 9.25 Å². The zero-order valence-corrected chi connectivity index (χ0v) is 14.1. The molecule has 120 valence electrons. The Morgan fingerprint density at radius 1 is 1.14 bits per heavy atom. The van der Waals surface area contributed by atoms with Gasteiger partial charge in [-0.25, -0.2) is 4.79 Å². The molecular formula is C16H25N5O. The molecule has 0 aliphatic carbocycles. The van der Waals surface area contributed by atoms with Crippen molar-refractivity contribution in [3.63, 3.8) is 0 Å². The molecule has 0 fully saturated rings. The fourth-order valence-corrected chi connectivity index (χ4v) is 2.65. The maximum absolute atomic E-state index is 11.9. The van der Waals surface area contributed by atoms with Crippen molar-refractivity contribution in [2.45, 2.75) is 53.8 Å². The SMILES string of the molecule is Cc1cc(C)n(CCNC(C)Cn2nc(C)cc2C)c(=O)n1. The van der Waals surface area contributed by atoms with Crippen LogP contribution in [-0.2, 0) is 13.1 Å². The van der Waals surface area contributed by atoms with E-state index in [0.717, 1.165) is 30.2 Å². The van der Waals surface area contributed by atoms with E-state index in [9.17, 15) is 4.79 Å². The summed E-state index contributed by atoms with van der Waals surface area (Å²) in [6.45, 7) is 12.1. The Morgan fingerprint density at radius 3 is 2.41 bits per heavy atom. The monoisotopic (exact) mass is 303 g/mol. The molecule has 0 radical (unpaired) electrons. The number of nitrogens with zero attached hydrogens (tertiary/aromatic N) is 4. The normalized spacial score (nSPS) is 12.6. The predicted octanol–water partition coefficient (Wildman–Crippen LogP) is 1.35. The van der Waals surface area contributed by atoms with E-state index in [0.29, 0.717) is 6.54 Å². The first-order valence-electron chi connectivity index (χ1n) is 7.66. The third-order valence-corrected chi connectivity index (χ3v) is 3.72. The predicted molar refractivity (Wildman–Crippen MR) is 87.1 cm³/mol. The van der Waals surface area contributed by atoms with Crippen molar-refractivity contribution in [1.82, 2.24) is 24.6 Å². The molecular weight excluding hydrogens is 278 g/mol. The minimum atomic E-state index is -0.175. The molecule has 1 N–H and O–H groups in total. The fraction of sp³-hybridized carbons (Fsp3) is 0.562. The van der Waals surface area contributed by atoms with Crippen LogP contribution in [-0.4, -0.2) is 31.9 Å². The summed E-state index contributed by atoms with van der Waals surface area (Å²) < 4.78 is 3.72. The van der Waals surface area contributed by atoms with Crippen molar-refractivity contribution in [2.75, 3.05) is 6.54 Å². The lowest BCUT2D eigenvalue weighted by molar-refractivity contribution is 0.429. The molecule has 0 spiro atoms. The van der Waals surface area contributed by atoms with Crippen LogP contribution in [0.2, 0.25) is 0 Å². The number of aromatic nitrogens is 4. The number of aryl methyl sites for hydroxylation is 4. The average molecular weight is 303 g/mol. The zero-order chi connectivity index (χ0) is 16.3. The lowest BCUT2D eigenvalue weighted by Crippen LogP contribution is -2.36. The Balaban J connectivity index is 1.89. The summed E-state index contributed by atoms with van der Waals surface area (Å²) in [7, 11) is 0. The molecule has 22 heavy (non-hydrogen) atoms. The van der Waals surface area contributed by atoms with Crippen LogP contribution >= 0.6 is 0 Å². The zero-order valence-electron chi connectivity index (χ0n) is 14.1. The van der Waals surface area contributed by atoms with Crippen molar-refractivity contribution in [3.05, 3.63) is 45.4 Å². The number of nitrogens with one attached hydrogen (secondary N) is 1. The Hall–Kier alpha value is -1.95. The first-order valence-corrected chi connectivity index (χ1v) is 7.66. The topological polar surface area (TPSA) is 64.7 Å². The molecule has 6 nitrogen and oxygen atoms in total. The molecule has 6 heteroatoms. The van der Waals surface area contributed by atoms with Gasteiger partial charge in [-0.15, -0.1) is 0 Å². The summed E-state index contributed by atoms with van der Waals surface area (Å²) >= 11 is 0. The van der Waals surface area contributed by atoms with E-state index in [1.54, 1.807) is 4.57 Å². The van der Waals surface area contributed by atoms with Crippen LogP contribution in [0.4, 0.5) is 0 Å². The highest BCUT2D eigenvalue weighted by molar-refractivity contribution is 5.07. The molecule has 0 aliphatic rings. The summed E-state index contributed by atoms with van der Waals surface area (Å²) in [5.74, 6) is 0.